The Morgan fingerprint density at radius 1 is 1.33 bits per heavy atom. The molecule has 6 heteroatoms. The first-order valence-electron chi connectivity index (χ1n) is 10.7. The van der Waals surface area contributed by atoms with Gasteiger partial charge in [0.2, 0.25) is 0 Å². The molecule has 0 spiro atoms. The van der Waals surface area contributed by atoms with Crippen LogP contribution in [-0.2, 0) is 13.0 Å². The number of fused-ring (bicyclic) bond motifs is 1. The highest BCUT2D eigenvalue weighted by atomic mass is 32.1. The molecule has 158 valence electrons. The van der Waals surface area contributed by atoms with E-state index in [1.54, 1.807) is 6.08 Å². The lowest BCUT2D eigenvalue weighted by molar-refractivity contribution is 0.0908. The van der Waals surface area contributed by atoms with Gasteiger partial charge in [-0.1, -0.05) is 50.3 Å². The van der Waals surface area contributed by atoms with Gasteiger partial charge in [0.25, 0.3) is 0 Å². The third-order valence-corrected chi connectivity index (χ3v) is 6.43. The topological polar surface area (TPSA) is 50.2 Å². The van der Waals surface area contributed by atoms with Gasteiger partial charge in [-0.05, 0) is 42.5 Å². The van der Waals surface area contributed by atoms with Crippen molar-refractivity contribution in [3.8, 4) is 0 Å². The first-order valence-corrected chi connectivity index (χ1v) is 11.1. The zero-order valence-corrected chi connectivity index (χ0v) is 18.7. The third-order valence-electron chi connectivity index (χ3n) is 6.05. The number of likely N-dealkylation sites (tertiary alicyclic amines) is 1. The molecule has 30 heavy (non-hydrogen) atoms. The molecule has 2 aromatic rings. The lowest BCUT2D eigenvalue weighted by Crippen LogP contribution is -2.40. The smallest absolute Gasteiger partial charge is 0.169 e. The number of nitrogens with one attached hydrogen (secondary N) is 1. The van der Waals surface area contributed by atoms with E-state index < -0.39 is 0 Å². The Morgan fingerprint density at radius 3 is 2.83 bits per heavy atom. The summed E-state index contributed by atoms with van der Waals surface area (Å²) in [6, 6.07) is 10.4. The normalized spacial score (nSPS) is 20.1. The van der Waals surface area contributed by atoms with Crippen molar-refractivity contribution in [2.24, 2.45) is 5.41 Å². The van der Waals surface area contributed by atoms with E-state index in [1.165, 1.54) is 5.56 Å². The van der Waals surface area contributed by atoms with Crippen LogP contribution in [0.5, 0.6) is 0 Å². The Labute approximate surface area is 184 Å². The minimum Gasteiger partial charge on any atom is -0.359 e. The van der Waals surface area contributed by atoms with Crippen LogP contribution in [0.2, 0.25) is 0 Å². The second-order valence-electron chi connectivity index (χ2n) is 9.12. The first-order chi connectivity index (χ1) is 14.4. The van der Waals surface area contributed by atoms with Gasteiger partial charge in [0.1, 0.15) is 0 Å². The number of carbonyl (C=O) groups is 1. The van der Waals surface area contributed by atoms with Crippen molar-refractivity contribution in [2.45, 2.75) is 52.1 Å². The molecule has 1 aliphatic heterocycles. The molecular weight excluding hydrogens is 392 g/mol. The quantitative estimate of drug-likeness (QED) is 0.576. The number of aromatic nitrogens is 2. The molecule has 2 heterocycles. The van der Waals surface area contributed by atoms with Crippen molar-refractivity contribution < 1.29 is 4.79 Å². The van der Waals surface area contributed by atoms with Crippen LogP contribution in [0, 0.1) is 5.41 Å². The Bertz CT molecular complexity index is 963. The molecule has 1 N–H and O–H groups in total. The maximum Gasteiger partial charge on any atom is 0.169 e. The monoisotopic (exact) mass is 422 g/mol. The number of carbonyl (C=O) groups excluding carboxylic acids is 1. The average Bonchev–Trinajstić information content (AvgIpc) is 3.31. The SMILES string of the molecule is C=CCNC(=S)N1CCC[C@@H]1c1nn(Cc2ccccc2)c2c1C(=O)CC(C)(C)C2. The van der Waals surface area contributed by atoms with Crippen LogP contribution >= 0.6 is 12.2 Å². The molecule has 0 amide bonds. The standard InChI is InChI=1S/C24H30N4OS/c1-4-12-25-23(30)27-13-8-11-18(27)22-21-19(14-24(2,3)15-20(21)29)28(26-22)16-17-9-6-5-7-10-17/h4-7,9-10,18H,1,8,11-16H2,2-3H3,(H,25,30)/t18-/m1/s1. The van der Waals surface area contributed by atoms with Crippen LogP contribution in [0.25, 0.3) is 0 Å². The molecule has 0 saturated carbocycles. The van der Waals surface area contributed by atoms with E-state index in [9.17, 15) is 4.79 Å². The van der Waals surface area contributed by atoms with E-state index in [1.807, 2.05) is 18.2 Å². The van der Waals surface area contributed by atoms with Crippen molar-refractivity contribution in [1.82, 2.24) is 20.0 Å². The van der Waals surface area contributed by atoms with Gasteiger partial charge >= 0.3 is 0 Å². The van der Waals surface area contributed by atoms with Crippen molar-refractivity contribution in [1.29, 1.82) is 0 Å². The fourth-order valence-corrected chi connectivity index (χ4v) is 5.02. The van der Waals surface area contributed by atoms with E-state index in [0.717, 1.165) is 42.8 Å². The van der Waals surface area contributed by atoms with E-state index in [-0.39, 0.29) is 17.2 Å². The van der Waals surface area contributed by atoms with Gasteiger partial charge in [0, 0.05) is 19.5 Å². The van der Waals surface area contributed by atoms with Crippen LogP contribution in [0.4, 0.5) is 0 Å². The molecule has 5 nitrogen and oxygen atoms in total. The molecule has 1 aromatic carbocycles. The molecule has 0 bridgehead atoms. The summed E-state index contributed by atoms with van der Waals surface area (Å²) in [6.07, 6.45) is 5.23. The summed E-state index contributed by atoms with van der Waals surface area (Å²) in [7, 11) is 0. The van der Waals surface area contributed by atoms with Gasteiger partial charge in [-0.3, -0.25) is 9.48 Å². The number of thiocarbonyl (C=S) groups is 1. The molecular formula is C24H30N4OS. The Balaban J connectivity index is 1.74. The summed E-state index contributed by atoms with van der Waals surface area (Å²) >= 11 is 5.64. The Hall–Kier alpha value is -2.47. The van der Waals surface area contributed by atoms with Gasteiger partial charge in [0.05, 0.1) is 29.5 Å². The fourth-order valence-electron chi connectivity index (χ4n) is 4.72. The molecule has 1 saturated heterocycles. The highest BCUT2D eigenvalue weighted by Crippen LogP contribution is 2.41. The van der Waals surface area contributed by atoms with Crippen molar-refractivity contribution in [3.63, 3.8) is 0 Å². The maximum absolute atomic E-state index is 13.3. The third kappa shape index (κ3) is 4.06. The van der Waals surface area contributed by atoms with Gasteiger partial charge in [0.15, 0.2) is 10.9 Å². The maximum atomic E-state index is 13.3. The summed E-state index contributed by atoms with van der Waals surface area (Å²) in [4.78, 5) is 15.5. The second-order valence-corrected chi connectivity index (χ2v) is 9.50. The number of rotatable bonds is 5. The van der Waals surface area contributed by atoms with Gasteiger partial charge < -0.3 is 10.2 Å². The van der Waals surface area contributed by atoms with Crippen LogP contribution in [-0.4, -0.2) is 38.7 Å². The number of Topliss-reactive ketones (excluding diaryl/α,β-unsaturated/α-hetero) is 1. The molecule has 0 unspecified atom stereocenters. The number of hydrogen-bond acceptors (Lipinski definition) is 3. The summed E-state index contributed by atoms with van der Waals surface area (Å²) in [6.45, 7) is 10.3. The largest absolute Gasteiger partial charge is 0.359 e. The van der Waals surface area contributed by atoms with Crippen molar-refractivity contribution in [3.05, 3.63) is 65.5 Å². The van der Waals surface area contributed by atoms with E-state index >= 15 is 0 Å². The number of benzene rings is 1. The summed E-state index contributed by atoms with van der Waals surface area (Å²) in [5.74, 6) is 0.215. The summed E-state index contributed by atoms with van der Waals surface area (Å²) < 4.78 is 2.07. The number of ketones is 1. The first kappa shape index (κ1) is 20.8. The summed E-state index contributed by atoms with van der Waals surface area (Å²) in [5.41, 5.74) is 3.96. The highest BCUT2D eigenvalue weighted by Gasteiger charge is 2.40. The minimum atomic E-state index is -0.0496. The molecule has 4 rings (SSSR count). The molecule has 1 aliphatic carbocycles. The lowest BCUT2D eigenvalue weighted by Gasteiger charge is -2.30. The average molecular weight is 423 g/mol. The van der Waals surface area contributed by atoms with Crippen LogP contribution < -0.4 is 5.32 Å². The lowest BCUT2D eigenvalue weighted by atomic mass is 9.75. The van der Waals surface area contributed by atoms with Crippen LogP contribution in [0.1, 0.15) is 66.5 Å². The van der Waals surface area contributed by atoms with Crippen molar-refractivity contribution in [2.75, 3.05) is 13.1 Å². The summed E-state index contributed by atoms with van der Waals surface area (Å²) in [5, 5.41) is 9.00. The van der Waals surface area contributed by atoms with Gasteiger partial charge in [-0.15, -0.1) is 6.58 Å². The van der Waals surface area contributed by atoms with Crippen molar-refractivity contribution >= 4 is 23.1 Å². The molecule has 0 radical (unpaired) electrons. The Morgan fingerprint density at radius 2 is 2.10 bits per heavy atom. The second kappa shape index (κ2) is 8.34. The number of hydrogen-bond donors (Lipinski definition) is 1. The van der Waals surface area contributed by atoms with E-state index in [2.05, 4.69) is 47.5 Å². The van der Waals surface area contributed by atoms with Gasteiger partial charge in [-0.25, -0.2) is 0 Å². The number of nitrogens with zero attached hydrogens (tertiary/aromatic N) is 3. The zero-order valence-electron chi connectivity index (χ0n) is 17.9. The predicted octanol–water partition coefficient (Wildman–Crippen LogP) is 4.28. The van der Waals surface area contributed by atoms with E-state index in [0.29, 0.717) is 24.6 Å². The molecule has 1 atom stereocenters. The van der Waals surface area contributed by atoms with Crippen LogP contribution in [0.15, 0.2) is 43.0 Å². The molecule has 1 aromatic heterocycles. The van der Waals surface area contributed by atoms with Crippen LogP contribution in [0.3, 0.4) is 0 Å². The molecule has 1 fully saturated rings. The highest BCUT2D eigenvalue weighted by molar-refractivity contribution is 7.80. The van der Waals surface area contributed by atoms with E-state index in [4.69, 9.17) is 17.3 Å². The molecule has 2 aliphatic rings. The predicted molar refractivity (Wildman–Crippen MR) is 124 cm³/mol. The van der Waals surface area contributed by atoms with Gasteiger partial charge in [-0.2, -0.15) is 5.10 Å². The Kier molecular flexibility index (Phi) is 5.78. The minimum absolute atomic E-state index is 0.0470. The fraction of sp³-hybridized carbons (Fsp3) is 0.458. The zero-order chi connectivity index (χ0) is 21.3.